The molecule has 3 N–H and O–H groups in total. The molecule has 0 saturated carbocycles. The van der Waals surface area contributed by atoms with Crippen LogP contribution in [0.25, 0.3) is 0 Å². The maximum absolute atomic E-state index is 11.4. The highest BCUT2D eigenvalue weighted by atomic mass is 16.4. The summed E-state index contributed by atoms with van der Waals surface area (Å²) in [7, 11) is 0. The summed E-state index contributed by atoms with van der Waals surface area (Å²) in [6.07, 6.45) is 2.02. The highest BCUT2D eigenvalue weighted by molar-refractivity contribution is 5.84. The normalized spacial score (nSPS) is 12.1. The Kier molecular flexibility index (Phi) is 3.84. The van der Waals surface area contributed by atoms with Crippen LogP contribution < -0.4 is 5.32 Å². The van der Waals surface area contributed by atoms with Crippen molar-refractivity contribution in [2.45, 2.75) is 25.8 Å². The van der Waals surface area contributed by atoms with Crippen molar-refractivity contribution >= 4 is 11.9 Å². The van der Waals surface area contributed by atoms with Crippen LogP contribution in [0.5, 0.6) is 0 Å². The number of aromatic nitrogens is 2. The van der Waals surface area contributed by atoms with Crippen molar-refractivity contribution in [3.8, 4) is 0 Å². The molecular formula is C9H13N3O3. The first-order valence-corrected chi connectivity index (χ1v) is 4.64. The number of hydrogen-bond donors (Lipinski definition) is 3. The van der Waals surface area contributed by atoms with E-state index in [-0.39, 0.29) is 12.3 Å². The molecule has 1 atom stereocenters. The zero-order chi connectivity index (χ0) is 11.3. The molecule has 0 spiro atoms. The van der Waals surface area contributed by atoms with E-state index in [0.29, 0.717) is 12.1 Å². The highest BCUT2D eigenvalue weighted by Crippen LogP contribution is 1.96. The topological polar surface area (TPSA) is 95.1 Å². The van der Waals surface area contributed by atoms with Crippen LogP contribution >= 0.6 is 0 Å². The van der Waals surface area contributed by atoms with Gasteiger partial charge in [-0.15, -0.1) is 0 Å². The molecule has 6 heteroatoms. The minimum Gasteiger partial charge on any atom is -0.480 e. The summed E-state index contributed by atoms with van der Waals surface area (Å²) in [5.41, 5.74) is 0.660. The van der Waals surface area contributed by atoms with E-state index >= 15 is 0 Å². The van der Waals surface area contributed by atoms with E-state index in [9.17, 15) is 9.59 Å². The van der Waals surface area contributed by atoms with E-state index in [1.165, 1.54) is 6.20 Å². The molecule has 1 unspecified atom stereocenters. The zero-order valence-corrected chi connectivity index (χ0v) is 8.36. The molecular weight excluding hydrogens is 198 g/mol. The molecule has 0 aliphatic carbocycles. The van der Waals surface area contributed by atoms with Gasteiger partial charge in [0, 0.05) is 11.9 Å². The van der Waals surface area contributed by atoms with Gasteiger partial charge in [0.15, 0.2) is 0 Å². The predicted octanol–water partition coefficient (Wildman–Crippen LogP) is -0.0684. The second-order valence-corrected chi connectivity index (χ2v) is 3.13. The fraction of sp³-hybridized carbons (Fsp3) is 0.444. The number of carbonyl (C=O) groups is 2. The van der Waals surface area contributed by atoms with Gasteiger partial charge < -0.3 is 10.4 Å². The summed E-state index contributed by atoms with van der Waals surface area (Å²) in [5, 5.41) is 17.5. The van der Waals surface area contributed by atoms with Crippen molar-refractivity contribution in [3.63, 3.8) is 0 Å². The molecule has 82 valence electrons. The number of aromatic amines is 1. The van der Waals surface area contributed by atoms with E-state index in [0.717, 1.165) is 0 Å². The lowest BCUT2D eigenvalue weighted by Gasteiger charge is -2.11. The van der Waals surface area contributed by atoms with E-state index in [2.05, 4.69) is 15.5 Å². The van der Waals surface area contributed by atoms with E-state index in [1.807, 2.05) is 0 Å². The molecule has 0 aliphatic rings. The van der Waals surface area contributed by atoms with Crippen molar-refractivity contribution in [2.75, 3.05) is 0 Å². The van der Waals surface area contributed by atoms with Gasteiger partial charge >= 0.3 is 5.97 Å². The van der Waals surface area contributed by atoms with Crippen LogP contribution in [0.4, 0.5) is 0 Å². The number of nitrogens with one attached hydrogen (secondary N) is 2. The second kappa shape index (κ2) is 5.14. The number of carboxylic acid groups (broad SMARTS) is 1. The number of carboxylic acids is 1. The van der Waals surface area contributed by atoms with Crippen molar-refractivity contribution in [3.05, 3.63) is 18.0 Å². The first-order valence-electron chi connectivity index (χ1n) is 4.64. The van der Waals surface area contributed by atoms with Crippen LogP contribution in [-0.2, 0) is 16.0 Å². The lowest BCUT2D eigenvalue weighted by atomic mass is 10.2. The monoisotopic (exact) mass is 211 g/mol. The Labute approximate surface area is 86.7 Å². The quantitative estimate of drug-likeness (QED) is 0.635. The number of aliphatic carboxylic acids is 1. The largest absolute Gasteiger partial charge is 0.480 e. The van der Waals surface area contributed by atoms with E-state index in [1.54, 1.807) is 13.0 Å². The van der Waals surface area contributed by atoms with Crippen LogP contribution in [0.3, 0.4) is 0 Å². The van der Waals surface area contributed by atoms with Crippen LogP contribution in [0.15, 0.2) is 12.3 Å². The molecule has 0 aliphatic heterocycles. The fourth-order valence-corrected chi connectivity index (χ4v) is 1.14. The first-order chi connectivity index (χ1) is 7.13. The molecule has 1 aromatic heterocycles. The van der Waals surface area contributed by atoms with Gasteiger partial charge in [0.1, 0.15) is 6.04 Å². The number of amides is 1. The third-order valence-electron chi connectivity index (χ3n) is 1.95. The van der Waals surface area contributed by atoms with Crippen LogP contribution in [0, 0.1) is 0 Å². The fourth-order valence-electron chi connectivity index (χ4n) is 1.14. The van der Waals surface area contributed by atoms with Gasteiger partial charge in [0.05, 0.1) is 6.42 Å². The summed E-state index contributed by atoms with van der Waals surface area (Å²) in [6, 6.07) is 0.849. The summed E-state index contributed by atoms with van der Waals surface area (Å²) in [5.74, 6) is -1.34. The van der Waals surface area contributed by atoms with Crippen molar-refractivity contribution in [1.82, 2.24) is 15.5 Å². The first kappa shape index (κ1) is 11.2. The number of hydrogen-bond acceptors (Lipinski definition) is 3. The predicted molar refractivity (Wildman–Crippen MR) is 52.1 cm³/mol. The number of H-pyrrole nitrogens is 1. The van der Waals surface area contributed by atoms with Gasteiger partial charge in [-0.3, -0.25) is 9.89 Å². The number of rotatable bonds is 5. The van der Waals surface area contributed by atoms with Crippen molar-refractivity contribution in [2.24, 2.45) is 0 Å². The smallest absolute Gasteiger partial charge is 0.326 e. The molecule has 0 radical (unpaired) electrons. The molecule has 0 fully saturated rings. The Morgan fingerprint density at radius 3 is 2.87 bits per heavy atom. The second-order valence-electron chi connectivity index (χ2n) is 3.13. The molecule has 1 rings (SSSR count). The lowest BCUT2D eigenvalue weighted by molar-refractivity contribution is -0.141. The van der Waals surface area contributed by atoms with Crippen molar-refractivity contribution in [1.29, 1.82) is 0 Å². The zero-order valence-electron chi connectivity index (χ0n) is 8.36. The van der Waals surface area contributed by atoms with E-state index in [4.69, 9.17) is 5.11 Å². The van der Waals surface area contributed by atoms with Crippen LogP contribution in [0.2, 0.25) is 0 Å². The Bertz CT molecular complexity index is 334. The summed E-state index contributed by atoms with van der Waals surface area (Å²) in [4.78, 5) is 22.0. The Balaban J connectivity index is 2.45. The van der Waals surface area contributed by atoms with Gasteiger partial charge in [-0.05, 0) is 12.5 Å². The molecule has 1 aromatic rings. The van der Waals surface area contributed by atoms with Gasteiger partial charge in [0.25, 0.3) is 0 Å². The van der Waals surface area contributed by atoms with E-state index < -0.39 is 12.0 Å². The molecule has 15 heavy (non-hydrogen) atoms. The SMILES string of the molecule is CCC(NC(=O)Cc1ccn[nH]1)C(=O)O. The molecule has 0 aromatic carbocycles. The number of nitrogens with zero attached hydrogens (tertiary/aromatic N) is 1. The third-order valence-corrected chi connectivity index (χ3v) is 1.95. The maximum atomic E-state index is 11.4. The summed E-state index contributed by atoms with van der Waals surface area (Å²) in [6.45, 7) is 1.70. The average molecular weight is 211 g/mol. The summed E-state index contributed by atoms with van der Waals surface area (Å²) < 4.78 is 0. The maximum Gasteiger partial charge on any atom is 0.326 e. The average Bonchev–Trinajstić information content (AvgIpc) is 2.66. The van der Waals surface area contributed by atoms with Gasteiger partial charge in [-0.2, -0.15) is 5.10 Å². The van der Waals surface area contributed by atoms with Gasteiger partial charge in [0.2, 0.25) is 5.91 Å². The number of carbonyl (C=O) groups excluding carboxylic acids is 1. The van der Waals surface area contributed by atoms with Crippen LogP contribution in [-0.4, -0.2) is 33.2 Å². The van der Waals surface area contributed by atoms with Gasteiger partial charge in [-0.1, -0.05) is 6.92 Å². The molecule has 6 nitrogen and oxygen atoms in total. The third kappa shape index (κ3) is 3.41. The van der Waals surface area contributed by atoms with Crippen molar-refractivity contribution < 1.29 is 14.7 Å². The molecule has 1 amide bonds. The highest BCUT2D eigenvalue weighted by Gasteiger charge is 2.17. The molecule has 0 saturated heterocycles. The lowest BCUT2D eigenvalue weighted by Crippen LogP contribution is -2.41. The molecule has 0 bridgehead atoms. The Hall–Kier alpha value is -1.85. The van der Waals surface area contributed by atoms with Gasteiger partial charge in [-0.25, -0.2) is 4.79 Å². The molecule has 1 heterocycles. The standard InChI is InChI=1S/C9H13N3O3/c1-2-7(9(14)15)11-8(13)5-6-3-4-10-12-6/h3-4,7H,2,5H2,1H3,(H,10,12)(H,11,13)(H,14,15). The van der Waals surface area contributed by atoms with Crippen LogP contribution in [0.1, 0.15) is 19.0 Å². The minimum atomic E-state index is -1.02. The summed E-state index contributed by atoms with van der Waals surface area (Å²) >= 11 is 0. The Morgan fingerprint density at radius 2 is 2.40 bits per heavy atom. The Morgan fingerprint density at radius 1 is 1.67 bits per heavy atom. The minimum absolute atomic E-state index is 0.115.